The topological polar surface area (TPSA) is 104 Å². The Morgan fingerprint density at radius 1 is 1.10 bits per heavy atom. The number of aliphatic carboxylic acids is 1. The van der Waals surface area contributed by atoms with Crippen molar-refractivity contribution in [3.63, 3.8) is 0 Å². The zero-order valence-corrected chi connectivity index (χ0v) is 15.9. The molecule has 0 unspecified atom stereocenters. The van der Waals surface area contributed by atoms with Gasteiger partial charge >= 0.3 is 5.97 Å². The van der Waals surface area contributed by atoms with Crippen molar-refractivity contribution in [1.29, 1.82) is 0 Å². The van der Waals surface area contributed by atoms with Gasteiger partial charge < -0.3 is 21.1 Å². The summed E-state index contributed by atoms with van der Waals surface area (Å²) in [6.45, 7) is 0.971. The van der Waals surface area contributed by atoms with E-state index in [4.69, 9.17) is 15.8 Å². The van der Waals surface area contributed by atoms with Gasteiger partial charge in [0.25, 0.3) is 0 Å². The monoisotopic (exact) mass is 386 g/mol. The van der Waals surface area contributed by atoms with Crippen LogP contribution in [0.5, 0.6) is 0 Å². The molecule has 0 spiro atoms. The number of aromatic amines is 1. The van der Waals surface area contributed by atoms with Crippen molar-refractivity contribution in [3.8, 4) is 11.1 Å². The van der Waals surface area contributed by atoms with Crippen molar-refractivity contribution in [1.82, 2.24) is 9.97 Å². The Morgan fingerprint density at radius 2 is 1.97 bits per heavy atom. The summed E-state index contributed by atoms with van der Waals surface area (Å²) in [7, 11) is 0. The number of nitrogens with two attached hydrogens (primary N) is 1. The number of H-pyrrole nitrogens is 1. The van der Waals surface area contributed by atoms with Crippen molar-refractivity contribution in [3.05, 3.63) is 83.7 Å². The molecule has 6 nitrogen and oxygen atoms in total. The van der Waals surface area contributed by atoms with Crippen molar-refractivity contribution in [2.45, 2.75) is 19.5 Å². The van der Waals surface area contributed by atoms with Crippen molar-refractivity contribution in [2.24, 2.45) is 5.73 Å². The lowest BCUT2D eigenvalue weighted by atomic mass is 10.0. The van der Waals surface area contributed by atoms with Crippen LogP contribution in [0.1, 0.15) is 16.8 Å². The molecule has 2 aromatic carbocycles. The maximum Gasteiger partial charge on any atom is 0.307 e. The lowest BCUT2D eigenvalue weighted by Crippen LogP contribution is -2.07. The van der Waals surface area contributed by atoms with Crippen LogP contribution < -0.4 is 11.1 Å². The van der Waals surface area contributed by atoms with E-state index in [2.05, 4.69) is 28.5 Å². The van der Waals surface area contributed by atoms with Crippen LogP contribution in [0.4, 0.5) is 5.69 Å². The maximum atomic E-state index is 11.1. The molecule has 4 aromatic rings. The second-order valence-electron chi connectivity index (χ2n) is 6.89. The first-order valence-electron chi connectivity index (χ1n) is 9.44. The van der Waals surface area contributed by atoms with Gasteiger partial charge in [0, 0.05) is 23.8 Å². The second kappa shape index (κ2) is 8.16. The lowest BCUT2D eigenvalue weighted by Gasteiger charge is -2.12. The van der Waals surface area contributed by atoms with E-state index in [9.17, 15) is 4.79 Å². The molecule has 146 valence electrons. The van der Waals surface area contributed by atoms with Crippen LogP contribution in [-0.4, -0.2) is 21.0 Å². The number of pyridine rings is 1. The van der Waals surface area contributed by atoms with Crippen molar-refractivity contribution < 1.29 is 9.90 Å². The Balaban J connectivity index is 1.67. The molecule has 4 rings (SSSR count). The SMILES string of the molecule is NCc1cccc(-c2cc(CNc3ccccc3CC(=O)O)nc3[nH]ccc23)c1. The number of para-hydroxylation sites is 1. The highest BCUT2D eigenvalue weighted by Crippen LogP contribution is 2.29. The van der Waals surface area contributed by atoms with Gasteiger partial charge in [-0.3, -0.25) is 4.79 Å². The van der Waals surface area contributed by atoms with Gasteiger partial charge in [-0.05, 0) is 46.5 Å². The Bertz CT molecular complexity index is 1170. The number of hydrogen-bond donors (Lipinski definition) is 4. The van der Waals surface area contributed by atoms with Gasteiger partial charge in [0.2, 0.25) is 0 Å². The Hall–Kier alpha value is -3.64. The molecular weight excluding hydrogens is 364 g/mol. The summed E-state index contributed by atoms with van der Waals surface area (Å²) in [5.74, 6) is -0.854. The van der Waals surface area contributed by atoms with Crippen molar-refractivity contribution >= 4 is 22.7 Å². The van der Waals surface area contributed by atoms with Crippen LogP contribution in [0.25, 0.3) is 22.2 Å². The van der Waals surface area contributed by atoms with Gasteiger partial charge in [-0.15, -0.1) is 0 Å². The summed E-state index contributed by atoms with van der Waals surface area (Å²) in [6.07, 6.45) is 1.86. The third-order valence-corrected chi connectivity index (χ3v) is 4.87. The molecule has 0 aliphatic rings. The highest BCUT2D eigenvalue weighted by Gasteiger charge is 2.11. The first-order chi connectivity index (χ1) is 14.1. The summed E-state index contributed by atoms with van der Waals surface area (Å²) in [4.78, 5) is 19.0. The van der Waals surface area contributed by atoms with E-state index in [1.54, 1.807) is 0 Å². The average Bonchev–Trinajstić information content (AvgIpc) is 3.21. The lowest BCUT2D eigenvalue weighted by molar-refractivity contribution is -0.136. The van der Waals surface area contributed by atoms with Crippen LogP contribution in [0.2, 0.25) is 0 Å². The number of nitrogens with one attached hydrogen (secondary N) is 2. The number of anilines is 1. The second-order valence-corrected chi connectivity index (χ2v) is 6.89. The number of carboxylic acids is 1. The number of carboxylic acid groups (broad SMARTS) is 1. The molecule has 0 aliphatic heterocycles. The van der Waals surface area contributed by atoms with Crippen LogP contribution >= 0.6 is 0 Å². The fourth-order valence-corrected chi connectivity index (χ4v) is 3.48. The highest BCUT2D eigenvalue weighted by molar-refractivity contribution is 5.93. The van der Waals surface area contributed by atoms with E-state index >= 15 is 0 Å². The molecule has 5 N–H and O–H groups in total. The molecule has 0 fully saturated rings. The number of benzene rings is 2. The summed E-state index contributed by atoms with van der Waals surface area (Å²) < 4.78 is 0. The van der Waals surface area contributed by atoms with Crippen LogP contribution in [0, 0.1) is 0 Å². The molecule has 0 atom stereocenters. The van der Waals surface area contributed by atoms with Gasteiger partial charge in [0.05, 0.1) is 18.7 Å². The normalized spacial score (nSPS) is 10.9. The predicted molar refractivity (Wildman–Crippen MR) is 115 cm³/mol. The first-order valence-corrected chi connectivity index (χ1v) is 9.44. The summed E-state index contributed by atoms with van der Waals surface area (Å²) >= 11 is 0. The molecule has 29 heavy (non-hydrogen) atoms. The number of fused-ring (bicyclic) bond motifs is 1. The summed E-state index contributed by atoms with van der Waals surface area (Å²) in [5.41, 5.74) is 12.3. The number of aromatic nitrogens is 2. The zero-order chi connectivity index (χ0) is 20.2. The summed E-state index contributed by atoms with van der Waals surface area (Å²) in [6, 6.07) is 19.7. The quantitative estimate of drug-likeness (QED) is 0.385. The molecule has 6 heteroatoms. The third-order valence-electron chi connectivity index (χ3n) is 4.87. The Kier molecular flexibility index (Phi) is 5.27. The van der Waals surface area contributed by atoms with Gasteiger partial charge in [0.15, 0.2) is 0 Å². The van der Waals surface area contributed by atoms with E-state index < -0.39 is 5.97 Å². The molecule has 0 aliphatic carbocycles. The van der Waals surface area contributed by atoms with E-state index in [0.29, 0.717) is 13.1 Å². The number of hydrogen-bond acceptors (Lipinski definition) is 4. The van der Waals surface area contributed by atoms with E-state index in [1.165, 1.54) is 0 Å². The molecular formula is C23H22N4O2. The maximum absolute atomic E-state index is 11.1. The molecule has 0 saturated carbocycles. The fourth-order valence-electron chi connectivity index (χ4n) is 3.48. The third kappa shape index (κ3) is 4.12. The number of rotatable bonds is 7. The van der Waals surface area contributed by atoms with Crippen LogP contribution in [-0.2, 0) is 24.3 Å². The first kappa shape index (κ1) is 18.7. The minimum Gasteiger partial charge on any atom is -0.481 e. The number of carbonyl (C=O) groups is 1. The Labute approximate surface area is 168 Å². The minimum absolute atomic E-state index is 0.0244. The average molecular weight is 386 g/mol. The van der Waals surface area contributed by atoms with Crippen LogP contribution in [0.15, 0.2) is 66.9 Å². The van der Waals surface area contributed by atoms with Crippen molar-refractivity contribution in [2.75, 3.05) is 5.32 Å². The van der Waals surface area contributed by atoms with Gasteiger partial charge in [-0.2, -0.15) is 0 Å². The van der Waals surface area contributed by atoms with E-state index in [1.807, 2.05) is 48.7 Å². The largest absolute Gasteiger partial charge is 0.481 e. The zero-order valence-electron chi connectivity index (χ0n) is 15.9. The molecule has 2 heterocycles. The minimum atomic E-state index is -0.854. The van der Waals surface area contributed by atoms with E-state index in [-0.39, 0.29) is 6.42 Å². The molecule has 0 saturated heterocycles. The van der Waals surface area contributed by atoms with Gasteiger partial charge in [-0.25, -0.2) is 4.98 Å². The van der Waals surface area contributed by atoms with E-state index in [0.717, 1.165) is 44.7 Å². The fraction of sp³-hybridized carbons (Fsp3) is 0.130. The highest BCUT2D eigenvalue weighted by atomic mass is 16.4. The molecule has 0 bridgehead atoms. The summed E-state index contributed by atoms with van der Waals surface area (Å²) in [5, 5.41) is 13.5. The molecule has 0 amide bonds. The van der Waals surface area contributed by atoms with Gasteiger partial charge in [0.1, 0.15) is 5.65 Å². The standard InChI is InChI=1S/C23H22N4O2/c24-13-15-4-3-6-16(10-15)20-12-18(27-23-19(20)8-9-25-23)14-26-21-7-2-1-5-17(21)11-22(28)29/h1-10,12,26H,11,13-14,24H2,(H,25,27)(H,28,29). The smallest absolute Gasteiger partial charge is 0.307 e. The molecule has 2 aromatic heterocycles. The Morgan fingerprint density at radius 3 is 2.79 bits per heavy atom. The van der Waals surface area contributed by atoms with Crippen LogP contribution in [0.3, 0.4) is 0 Å². The predicted octanol–water partition coefficient (Wildman–Crippen LogP) is 3.93. The number of nitrogens with zero attached hydrogens (tertiary/aromatic N) is 1. The molecule has 0 radical (unpaired) electrons. The van der Waals surface area contributed by atoms with Gasteiger partial charge in [-0.1, -0.05) is 36.4 Å².